The summed E-state index contributed by atoms with van der Waals surface area (Å²) in [5.41, 5.74) is 3.00. The second-order valence-corrected chi connectivity index (χ2v) is 5.51. The van der Waals surface area contributed by atoms with Gasteiger partial charge in [0.1, 0.15) is 0 Å². The molecule has 102 valence electrons. The second kappa shape index (κ2) is 5.35. The van der Waals surface area contributed by atoms with Crippen molar-refractivity contribution in [2.45, 2.75) is 6.54 Å². The van der Waals surface area contributed by atoms with E-state index < -0.39 is 0 Å². The number of aromatic nitrogens is 2. The highest BCUT2D eigenvalue weighted by Gasteiger charge is 2.03. The molecule has 0 aliphatic heterocycles. The van der Waals surface area contributed by atoms with Gasteiger partial charge in [0, 0.05) is 40.9 Å². The fraction of sp³-hybridized carbons (Fsp3) is 0.133. The molecule has 20 heavy (non-hydrogen) atoms. The number of hydrogen-bond acceptors (Lipinski definition) is 2. The summed E-state index contributed by atoms with van der Waals surface area (Å²) >= 11 is 12.0. The molecule has 1 aromatic heterocycles. The van der Waals surface area contributed by atoms with Gasteiger partial charge in [0.25, 0.3) is 0 Å². The molecular formula is C15H13Cl2N3. The van der Waals surface area contributed by atoms with Crippen LogP contribution in [-0.4, -0.2) is 9.78 Å². The van der Waals surface area contributed by atoms with Crippen LogP contribution in [0, 0.1) is 0 Å². The van der Waals surface area contributed by atoms with E-state index in [1.54, 1.807) is 6.07 Å². The first-order valence-electron chi connectivity index (χ1n) is 6.23. The average molecular weight is 306 g/mol. The molecule has 1 heterocycles. The predicted molar refractivity (Wildman–Crippen MR) is 84.5 cm³/mol. The third-order valence-corrected chi connectivity index (χ3v) is 3.71. The van der Waals surface area contributed by atoms with E-state index in [1.807, 2.05) is 48.3 Å². The van der Waals surface area contributed by atoms with Crippen molar-refractivity contribution in [1.29, 1.82) is 0 Å². The summed E-state index contributed by atoms with van der Waals surface area (Å²) in [4.78, 5) is 0. The van der Waals surface area contributed by atoms with Crippen molar-refractivity contribution < 1.29 is 0 Å². The van der Waals surface area contributed by atoms with E-state index in [-0.39, 0.29) is 0 Å². The van der Waals surface area contributed by atoms with Crippen LogP contribution >= 0.6 is 23.2 Å². The monoisotopic (exact) mass is 305 g/mol. The number of anilines is 1. The first kappa shape index (κ1) is 13.3. The molecule has 0 saturated heterocycles. The minimum absolute atomic E-state index is 0.647. The standard InChI is InChI=1S/C15H13Cl2N3/c1-20-9-11-3-5-13(7-15(11)19-20)18-8-10-2-4-12(16)6-14(10)17/h2-7,9,18H,8H2,1H3. The molecule has 0 bridgehead atoms. The number of halogens is 2. The number of nitrogens with one attached hydrogen (secondary N) is 1. The van der Waals surface area contributed by atoms with Crippen molar-refractivity contribution in [3.05, 3.63) is 58.2 Å². The van der Waals surface area contributed by atoms with Crippen molar-refractivity contribution >= 4 is 39.8 Å². The van der Waals surface area contributed by atoms with Gasteiger partial charge in [-0.05, 0) is 35.9 Å². The van der Waals surface area contributed by atoms with Gasteiger partial charge in [0.15, 0.2) is 0 Å². The molecule has 0 saturated carbocycles. The quantitative estimate of drug-likeness (QED) is 0.772. The first-order valence-corrected chi connectivity index (χ1v) is 6.98. The van der Waals surface area contributed by atoms with Crippen LogP contribution in [0.1, 0.15) is 5.56 Å². The Balaban J connectivity index is 1.79. The van der Waals surface area contributed by atoms with Crippen LogP contribution in [0.25, 0.3) is 10.9 Å². The average Bonchev–Trinajstić information content (AvgIpc) is 2.77. The highest BCUT2D eigenvalue weighted by atomic mass is 35.5. The lowest BCUT2D eigenvalue weighted by Gasteiger charge is -2.08. The summed E-state index contributed by atoms with van der Waals surface area (Å²) < 4.78 is 1.81. The summed E-state index contributed by atoms with van der Waals surface area (Å²) in [6.45, 7) is 0.647. The Kier molecular flexibility index (Phi) is 3.55. The Hall–Kier alpha value is -1.71. The zero-order valence-electron chi connectivity index (χ0n) is 10.9. The van der Waals surface area contributed by atoms with E-state index in [2.05, 4.69) is 10.4 Å². The molecule has 3 rings (SSSR count). The van der Waals surface area contributed by atoms with E-state index >= 15 is 0 Å². The molecule has 2 aromatic carbocycles. The van der Waals surface area contributed by atoms with Crippen LogP contribution in [0.5, 0.6) is 0 Å². The van der Waals surface area contributed by atoms with E-state index in [0.717, 1.165) is 22.2 Å². The molecule has 3 aromatic rings. The highest BCUT2D eigenvalue weighted by molar-refractivity contribution is 6.35. The van der Waals surface area contributed by atoms with Crippen LogP contribution in [0.4, 0.5) is 5.69 Å². The lowest BCUT2D eigenvalue weighted by atomic mass is 10.2. The summed E-state index contributed by atoms with van der Waals surface area (Å²) in [7, 11) is 1.92. The highest BCUT2D eigenvalue weighted by Crippen LogP contribution is 2.23. The third kappa shape index (κ3) is 2.74. The van der Waals surface area contributed by atoms with Crippen molar-refractivity contribution in [3.8, 4) is 0 Å². The number of rotatable bonds is 3. The van der Waals surface area contributed by atoms with Gasteiger partial charge in [-0.3, -0.25) is 4.68 Å². The molecule has 5 heteroatoms. The van der Waals surface area contributed by atoms with Crippen LogP contribution in [0.15, 0.2) is 42.6 Å². The van der Waals surface area contributed by atoms with Crippen molar-refractivity contribution in [2.24, 2.45) is 7.05 Å². The predicted octanol–water partition coefficient (Wildman–Crippen LogP) is 4.49. The van der Waals surface area contributed by atoms with Crippen molar-refractivity contribution in [1.82, 2.24) is 9.78 Å². The lowest BCUT2D eigenvalue weighted by molar-refractivity contribution is 0.780. The Morgan fingerprint density at radius 2 is 2.00 bits per heavy atom. The maximum Gasteiger partial charge on any atom is 0.0943 e. The van der Waals surface area contributed by atoms with E-state index in [9.17, 15) is 0 Å². The van der Waals surface area contributed by atoms with Gasteiger partial charge in [-0.15, -0.1) is 0 Å². The van der Waals surface area contributed by atoms with Crippen molar-refractivity contribution in [2.75, 3.05) is 5.32 Å². The van der Waals surface area contributed by atoms with Gasteiger partial charge >= 0.3 is 0 Å². The molecule has 0 spiro atoms. The van der Waals surface area contributed by atoms with Gasteiger partial charge in [0.05, 0.1) is 5.52 Å². The number of nitrogens with zero attached hydrogens (tertiary/aromatic N) is 2. The van der Waals surface area contributed by atoms with Crippen molar-refractivity contribution in [3.63, 3.8) is 0 Å². The first-order chi connectivity index (χ1) is 9.61. The molecule has 0 atom stereocenters. The Bertz CT molecular complexity index is 765. The summed E-state index contributed by atoms with van der Waals surface area (Å²) in [5, 5.41) is 10.2. The fourth-order valence-corrected chi connectivity index (χ4v) is 2.59. The number of aryl methyl sites for hydroxylation is 1. The minimum Gasteiger partial charge on any atom is -0.381 e. The molecule has 0 radical (unpaired) electrons. The third-order valence-electron chi connectivity index (χ3n) is 3.12. The second-order valence-electron chi connectivity index (χ2n) is 4.67. The SMILES string of the molecule is Cn1cc2ccc(NCc3ccc(Cl)cc3Cl)cc2n1. The molecule has 0 amide bonds. The molecule has 0 fully saturated rings. The van der Waals surface area contributed by atoms with E-state index in [0.29, 0.717) is 16.6 Å². The van der Waals surface area contributed by atoms with Crippen LogP contribution in [-0.2, 0) is 13.6 Å². The molecule has 1 N–H and O–H groups in total. The van der Waals surface area contributed by atoms with Crippen LogP contribution in [0.3, 0.4) is 0 Å². The Labute approximate surface area is 127 Å². The lowest BCUT2D eigenvalue weighted by Crippen LogP contribution is -1.99. The molecular weight excluding hydrogens is 293 g/mol. The molecule has 0 aliphatic carbocycles. The topological polar surface area (TPSA) is 29.9 Å². The maximum atomic E-state index is 6.15. The summed E-state index contributed by atoms with van der Waals surface area (Å²) in [6, 6.07) is 11.6. The maximum absolute atomic E-state index is 6.15. The zero-order valence-corrected chi connectivity index (χ0v) is 12.4. The Morgan fingerprint density at radius 1 is 1.15 bits per heavy atom. The molecule has 0 unspecified atom stereocenters. The summed E-state index contributed by atoms with van der Waals surface area (Å²) in [5.74, 6) is 0. The molecule has 3 nitrogen and oxygen atoms in total. The minimum atomic E-state index is 0.647. The fourth-order valence-electron chi connectivity index (χ4n) is 2.11. The van der Waals surface area contributed by atoms with Gasteiger partial charge in [0.2, 0.25) is 0 Å². The zero-order chi connectivity index (χ0) is 14.1. The number of benzene rings is 2. The van der Waals surface area contributed by atoms with Crippen LogP contribution < -0.4 is 5.32 Å². The largest absolute Gasteiger partial charge is 0.381 e. The van der Waals surface area contributed by atoms with Gasteiger partial charge in [-0.2, -0.15) is 5.10 Å². The molecule has 0 aliphatic rings. The number of hydrogen-bond donors (Lipinski definition) is 1. The van der Waals surface area contributed by atoms with E-state index in [4.69, 9.17) is 23.2 Å². The smallest absolute Gasteiger partial charge is 0.0943 e. The van der Waals surface area contributed by atoms with Gasteiger partial charge in [-0.1, -0.05) is 29.3 Å². The normalized spacial score (nSPS) is 10.9. The summed E-state index contributed by atoms with van der Waals surface area (Å²) in [6.07, 6.45) is 2.00. The van der Waals surface area contributed by atoms with Crippen LogP contribution in [0.2, 0.25) is 10.0 Å². The Morgan fingerprint density at radius 3 is 2.80 bits per heavy atom. The van der Waals surface area contributed by atoms with E-state index in [1.165, 1.54) is 0 Å². The van der Waals surface area contributed by atoms with Gasteiger partial charge in [-0.25, -0.2) is 0 Å². The number of fused-ring (bicyclic) bond motifs is 1. The van der Waals surface area contributed by atoms with Gasteiger partial charge < -0.3 is 5.32 Å².